The van der Waals surface area contributed by atoms with E-state index in [2.05, 4.69) is 29.8 Å². The van der Waals surface area contributed by atoms with E-state index in [9.17, 15) is 18.0 Å². The fourth-order valence-electron chi connectivity index (χ4n) is 3.70. The van der Waals surface area contributed by atoms with E-state index in [4.69, 9.17) is 21.4 Å². The van der Waals surface area contributed by atoms with E-state index in [1.807, 2.05) is 0 Å². The zero-order chi connectivity index (χ0) is 25.7. The molecule has 3 aromatic rings. The smallest absolute Gasteiger partial charge is 0.482 e. The summed E-state index contributed by atoms with van der Waals surface area (Å²) in [5.41, 5.74) is 1.23. The number of nitrogens with one attached hydrogen (secondary N) is 1. The number of fused-ring (bicyclic) bond motifs is 1. The number of anilines is 2. The van der Waals surface area contributed by atoms with Crippen molar-refractivity contribution in [2.24, 2.45) is 0 Å². The van der Waals surface area contributed by atoms with E-state index in [1.165, 1.54) is 6.07 Å². The summed E-state index contributed by atoms with van der Waals surface area (Å²) in [5.74, 6) is -0.313. The van der Waals surface area contributed by atoms with E-state index in [-0.39, 0.29) is 17.4 Å². The zero-order valence-corrected chi connectivity index (χ0v) is 19.7. The Hall–Kier alpha value is -3.35. The molecule has 2 aromatic carbocycles. The summed E-state index contributed by atoms with van der Waals surface area (Å²) in [4.78, 5) is 25.7. The number of ether oxygens (including phenoxy) is 2. The van der Waals surface area contributed by atoms with Crippen molar-refractivity contribution in [2.45, 2.75) is 6.36 Å². The second kappa shape index (κ2) is 11.1. The Kier molecular flexibility index (Phi) is 7.97. The minimum absolute atomic E-state index is 0.0398. The first kappa shape index (κ1) is 25.7. The van der Waals surface area contributed by atoms with E-state index in [1.54, 1.807) is 24.4 Å². The van der Waals surface area contributed by atoms with Gasteiger partial charge in [0.2, 0.25) is 5.95 Å². The van der Waals surface area contributed by atoms with Crippen molar-refractivity contribution in [3.8, 4) is 11.5 Å². The molecule has 2 N–H and O–H groups in total. The number of β-amino-alcohol motifs (C(OH)–C–C–N with tert-alkyl or cyclic N) is 1. The number of aliphatic hydroxyl groups is 1. The lowest BCUT2D eigenvalue weighted by Gasteiger charge is -2.34. The Balaban J connectivity index is 1.33. The van der Waals surface area contributed by atoms with Crippen molar-refractivity contribution in [1.82, 2.24) is 14.9 Å². The van der Waals surface area contributed by atoms with Crippen molar-refractivity contribution in [2.75, 3.05) is 56.2 Å². The summed E-state index contributed by atoms with van der Waals surface area (Å²) in [6, 6.07) is 8.39. The average Bonchev–Trinajstić information content (AvgIpc) is 2.83. The number of hydrogen-bond acceptors (Lipinski definition) is 8. The van der Waals surface area contributed by atoms with Crippen molar-refractivity contribution < 1.29 is 32.5 Å². The Bertz CT molecular complexity index is 1220. The fraction of sp³-hybridized carbons (Fsp3) is 0.348. The summed E-state index contributed by atoms with van der Waals surface area (Å²) in [5, 5.41) is 12.4. The van der Waals surface area contributed by atoms with E-state index >= 15 is 0 Å². The SMILES string of the molecule is O=C(COc1ccc(OC(F)(F)F)cc1Cl)Nc1ccc2nc(N3CCN(CCO)CC3)ncc2c1. The molecule has 0 atom stereocenters. The maximum atomic E-state index is 12.3. The van der Waals surface area contributed by atoms with Crippen LogP contribution < -0.4 is 19.7 Å². The molecule has 1 aliphatic rings. The molecule has 1 amide bonds. The minimum Gasteiger partial charge on any atom is -0.482 e. The molecule has 192 valence electrons. The third-order valence-electron chi connectivity index (χ3n) is 5.42. The second-order valence-electron chi connectivity index (χ2n) is 7.97. The van der Waals surface area contributed by atoms with Gasteiger partial charge >= 0.3 is 6.36 Å². The highest BCUT2D eigenvalue weighted by Crippen LogP contribution is 2.31. The fourth-order valence-corrected chi connectivity index (χ4v) is 3.93. The van der Waals surface area contributed by atoms with E-state index in [0.29, 0.717) is 18.2 Å². The van der Waals surface area contributed by atoms with Gasteiger partial charge in [-0.25, -0.2) is 9.97 Å². The van der Waals surface area contributed by atoms with Gasteiger partial charge in [-0.1, -0.05) is 11.6 Å². The van der Waals surface area contributed by atoms with Gasteiger partial charge in [-0.15, -0.1) is 13.2 Å². The predicted octanol–water partition coefficient (Wildman–Crippen LogP) is 3.31. The number of piperazine rings is 1. The number of alkyl halides is 3. The van der Waals surface area contributed by atoms with Crippen molar-refractivity contribution >= 4 is 40.0 Å². The van der Waals surface area contributed by atoms with Crippen LogP contribution >= 0.6 is 11.6 Å². The van der Waals surface area contributed by atoms with E-state index in [0.717, 1.165) is 49.2 Å². The monoisotopic (exact) mass is 525 g/mol. The van der Waals surface area contributed by atoms with Crippen LogP contribution in [0, 0.1) is 0 Å². The van der Waals surface area contributed by atoms with Gasteiger partial charge in [-0.2, -0.15) is 0 Å². The van der Waals surface area contributed by atoms with Crippen molar-refractivity contribution in [3.63, 3.8) is 0 Å². The van der Waals surface area contributed by atoms with Crippen LogP contribution in [-0.4, -0.2) is 78.2 Å². The number of rotatable bonds is 8. The Morgan fingerprint density at radius 3 is 2.61 bits per heavy atom. The number of nitrogens with zero attached hydrogens (tertiary/aromatic N) is 4. The number of halogens is 4. The number of aromatic nitrogens is 2. The largest absolute Gasteiger partial charge is 0.573 e. The van der Waals surface area contributed by atoms with Crippen molar-refractivity contribution in [1.29, 1.82) is 0 Å². The lowest BCUT2D eigenvalue weighted by Crippen LogP contribution is -2.47. The number of carbonyl (C=O) groups excluding carboxylic acids is 1. The summed E-state index contributed by atoms with van der Waals surface area (Å²) >= 11 is 5.92. The van der Waals surface area contributed by atoms with Crippen LogP contribution in [0.25, 0.3) is 10.9 Å². The lowest BCUT2D eigenvalue weighted by molar-refractivity contribution is -0.274. The maximum absolute atomic E-state index is 12.3. The predicted molar refractivity (Wildman–Crippen MR) is 128 cm³/mol. The summed E-state index contributed by atoms with van der Waals surface area (Å²) < 4.78 is 46.0. The van der Waals surface area contributed by atoms with Crippen molar-refractivity contribution in [3.05, 3.63) is 47.6 Å². The number of amides is 1. The topological polar surface area (TPSA) is 100 Å². The number of benzene rings is 2. The van der Waals surface area contributed by atoms with Crippen LogP contribution in [0.5, 0.6) is 11.5 Å². The van der Waals surface area contributed by atoms with Gasteiger partial charge in [0.15, 0.2) is 6.61 Å². The first-order valence-electron chi connectivity index (χ1n) is 11.0. The van der Waals surface area contributed by atoms with Crippen LogP contribution in [0.4, 0.5) is 24.8 Å². The molecule has 0 radical (unpaired) electrons. The maximum Gasteiger partial charge on any atom is 0.573 e. The molecule has 0 saturated carbocycles. The second-order valence-corrected chi connectivity index (χ2v) is 8.38. The lowest BCUT2D eigenvalue weighted by atomic mass is 10.2. The molecule has 13 heteroatoms. The molecule has 1 saturated heterocycles. The molecule has 9 nitrogen and oxygen atoms in total. The number of aliphatic hydroxyl groups excluding tert-OH is 1. The van der Waals surface area contributed by atoms with Gasteiger partial charge in [0.05, 0.1) is 17.1 Å². The average molecular weight is 526 g/mol. The molecule has 1 aromatic heterocycles. The quantitative estimate of drug-likeness (QED) is 0.462. The van der Waals surface area contributed by atoms with Gasteiger partial charge < -0.3 is 24.8 Å². The molecule has 0 unspecified atom stereocenters. The summed E-state index contributed by atoms with van der Waals surface area (Å²) in [6.45, 7) is 3.57. The molecule has 1 aliphatic heterocycles. The molecular weight excluding hydrogens is 503 g/mol. The van der Waals surface area contributed by atoms with Crippen LogP contribution in [0.1, 0.15) is 0 Å². The molecule has 4 rings (SSSR count). The normalized spacial score (nSPS) is 14.6. The van der Waals surface area contributed by atoms with Gasteiger partial charge in [0.1, 0.15) is 11.5 Å². The van der Waals surface area contributed by atoms with E-state index < -0.39 is 24.6 Å². The molecule has 36 heavy (non-hydrogen) atoms. The molecule has 0 spiro atoms. The first-order valence-corrected chi connectivity index (χ1v) is 11.4. The Morgan fingerprint density at radius 2 is 1.92 bits per heavy atom. The standard InChI is InChI=1S/C23H23ClF3N5O4/c24-18-12-17(36-23(25,26)27)2-4-20(18)35-14-21(34)29-16-1-3-19-15(11-16)13-28-22(30-19)32-7-5-31(6-8-32)9-10-33/h1-4,11-13,33H,5-10,14H2,(H,29,34). The number of carbonyl (C=O) groups is 1. The van der Waals surface area contributed by atoms with Gasteiger partial charge in [0, 0.05) is 56.1 Å². The zero-order valence-electron chi connectivity index (χ0n) is 19.0. The van der Waals surface area contributed by atoms with Crippen LogP contribution in [0.2, 0.25) is 5.02 Å². The van der Waals surface area contributed by atoms with Gasteiger partial charge in [-0.05, 0) is 30.3 Å². The summed E-state index contributed by atoms with van der Waals surface area (Å²) in [6.07, 6.45) is -3.15. The highest BCUT2D eigenvalue weighted by Gasteiger charge is 2.31. The van der Waals surface area contributed by atoms with Crippen LogP contribution in [0.3, 0.4) is 0 Å². The van der Waals surface area contributed by atoms with Gasteiger partial charge in [0.25, 0.3) is 5.91 Å². The third-order valence-corrected chi connectivity index (χ3v) is 5.71. The first-order chi connectivity index (χ1) is 17.2. The molecular formula is C23H23ClF3N5O4. The molecule has 0 bridgehead atoms. The summed E-state index contributed by atoms with van der Waals surface area (Å²) in [7, 11) is 0. The van der Waals surface area contributed by atoms with Crippen LogP contribution in [-0.2, 0) is 4.79 Å². The molecule has 2 heterocycles. The Labute approximate surface area is 209 Å². The minimum atomic E-state index is -4.84. The highest BCUT2D eigenvalue weighted by atomic mass is 35.5. The van der Waals surface area contributed by atoms with Crippen LogP contribution in [0.15, 0.2) is 42.6 Å². The van der Waals surface area contributed by atoms with Gasteiger partial charge in [-0.3, -0.25) is 9.69 Å². The third kappa shape index (κ3) is 6.86. The Morgan fingerprint density at radius 1 is 1.14 bits per heavy atom. The molecule has 0 aliphatic carbocycles. The number of hydrogen-bond donors (Lipinski definition) is 2. The highest BCUT2D eigenvalue weighted by molar-refractivity contribution is 6.32. The molecule has 1 fully saturated rings.